The molecule has 20 heavy (non-hydrogen) atoms. The number of halogens is 2. The number of hydrogen-bond donors (Lipinski definition) is 0. The summed E-state index contributed by atoms with van der Waals surface area (Å²) >= 11 is 12.2. The van der Waals surface area contributed by atoms with Gasteiger partial charge in [0.1, 0.15) is 0 Å². The summed E-state index contributed by atoms with van der Waals surface area (Å²) < 4.78 is 0. The monoisotopic (exact) mass is 301 g/mol. The average molecular weight is 302 g/mol. The molecule has 1 nitrogen and oxygen atoms in total. The Hall–Kier alpha value is -1.75. The third-order valence-corrected chi connectivity index (χ3v) is 3.70. The van der Waals surface area contributed by atoms with Gasteiger partial charge in [0.2, 0.25) is 0 Å². The van der Waals surface area contributed by atoms with E-state index in [1.54, 1.807) is 6.07 Å². The Morgan fingerprint density at radius 3 is 2.30 bits per heavy atom. The lowest BCUT2D eigenvalue weighted by molar-refractivity contribution is 0.880. The molecule has 0 bridgehead atoms. The fourth-order valence-electron chi connectivity index (χ4n) is 1.95. The minimum atomic E-state index is -0.248. The van der Waals surface area contributed by atoms with Crippen molar-refractivity contribution < 1.29 is 0 Å². The number of allylic oxidation sites excluding steroid dienone is 1. The largest absolute Gasteiger partial charge is 0.198 e. The topological polar surface area (TPSA) is 23.8 Å². The smallest absolute Gasteiger partial charge is 0.0761 e. The number of nitriles is 1. The highest BCUT2D eigenvalue weighted by atomic mass is 35.5. The van der Waals surface area contributed by atoms with E-state index in [0.29, 0.717) is 16.5 Å². The van der Waals surface area contributed by atoms with Crippen LogP contribution in [0.25, 0.3) is 6.08 Å². The predicted molar refractivity (Wildman–Crippen MR) is 84.9 cm³/mol. The van der Waals surface area contributed by atoms with Crippen molar-refractivity contribution in [1.29, 1.82) is 5.26 Å². The fraction of sp³-hybridized carbons (Fsp3) is 0.118. The van der Waals surface area contributed by atoms with E-state index in [1.165, 1.54) is 0 Å². The van der Waals surface area contributed by atoms with Crippen LogP contribution in [0.15, 0.2) is 54.6 Å². The molecule has 100 valence electrons. The fourth-order valence-corrected chi connectivity index (χ4v) is 2.41. The number of rotatable bonds is 4. The van der Waals surface area contributed by atoms with E-state index in [-0.39, 0.29) is 5.92 Å². The van der Waals surface area contributed by atoms with Crippen LogP contribution in [-0.2, 0) is 0 Å². The molecule has 0 aliphatic heterocycles. The number of nitrogens with zero attached hydrogens (tertiary/aromatic N) is 1. The molecule has 0 saturated carbocycles. The van der Waals surface area contributed by atoms with Crippen molar-refractivity contribution in [3.8, 4) is 6.07 Å². The molecule has 0 spiro atoms. The van der Waals surface area contributed by atoms with Crippen molar-refractivity contribution in [2.24, 2.45) is 0 Å². The number of benzene rings is 2. The van der Waals surface area contributed by atoms with Gasteiger partial charge in [-0.1, -0.05) is 71.8 Å². The molecule has 2 aromatic rings. The zero-order valence-corrected chi connectivity index (χ0v) is 12.3. The molecular formula is C17H13Cl2N. The van der Waals surface area contributed by atoms with Gasteiger partial charge in [-0.05, 0) is 29.7 Å². The molecule has 0 aliphatic rings. The molecule has 0 radical (unpaired) electrons. The van der Waals surface area contributed by atoms with Crippen LogP contribution in [0.4, 0.5) is 0 Å². The highest BCUT2D eigenvalue weighted by Gasteiger charge is 2.11. The average Bonchev–Trinajstić information content (AvgIpc) is 2.46. The van der Waals surface area contributed by atoms with Crippen molar-refractivity contribution in [1.82, 2.24) is 0 Å². The Kier molecular flexibility index (Phi) is 5.24. The third kappa shape index (κ3) is 3.63. The van der Waals surface area contributed by atoms with E-state index >= 15 is 0 Å². The van der Waals surface area contributed by atoms with Gasteiger partial charge in [0, 0.05) is 10.0 Å². The first-order chi connectivity index (χ1) is 9.72. The summed E-state index contributed by atoms with van der Waals surface area (Å²) in [6.45, 7) is 0. The highest BCUT2D eigenvalue weighted by molar-refractivity contribution is 6.32. The van der Waals surface area contributed by atoms with Gasteiger partial charge in [0.25, 0.3) is 0 Å². The summed E-state index contributed by atoms with van der Waals surface area (Å²) in [5.41, 5.74) is 1.81. The highest BCUT2D eigenvalue weighted by Crippen LogP contribution is 2.27. The standard InChI is InChI=1S/C17H13Cl2N/c18-16-10-3-1-6-13(16)7-5-8-14(12-20)15-9-2-4-11-17(15)19/h1-7,9-11,14H,8H2. The van der Waals surface area contributed by atoms with Gasteiger partial charge in [0.15, 0.2) is 0 Å². The van der Waals surface area contributed by atoms with E-state index in [4.69, 9.17) is 23.2 Å². The van der Waals surface area contributed by atoms with Crippen molar-refractivity contribution in [3.05, 3.63) is 75.8 Å². The van der Waals surface area contributed by atoms with Crippen LogP contribution >= 0.6 is 23.2 Å². The van der Waals surface area contributed by atoms with Gasteiger partial charge < -0.3 is 0 Å². The van der Waals surface area contributed by atoms with E-state index in [9.17, 15) is 5.26 Å². The lowest BCUT2D eigenvalue weighted by Gasteiger charge is -2.08. The first-order valence-corrected chi connectivity index (χ1v) is 7.03. The summed E-state index contributed by atoms with van der Waals surface area (Å²) in [4.78, 5) is 0. The van der Waals surface area contributed by atoms with Crippen LogP contribution in [0, 0.1) is 11.3 Å². The zero-order chi connectivity index (χ0) is 14.4. The van der Waals surface area contributed by atoms with E-state index in [1.807, 2.05) is 54.6 Å². The second kappa shape index (κ2) is 7.14. The van der Waals surface area contributed by atoms with Crippen LogP contribution in [0.3, 0.4) is 0 Å². The second-order valence-corrected chi connectivity index (χ2v) is 5.18. The summed E-state index contributed by atoms with van der Waals surface area (Å²) in [6, 6.07) is 17.3. The zero-order valence-electron chi connectivity index (χ0n) is 10.8. The molecule has 0 heterocycles. The van der Waals surface area contributed by atoms with Crippen LogP contribution in [0.5, 0.6) is 0 Å². The van der Waals surface area contributed by atoms with Gasteiger partial charge >= 0.3 is 0 Å². The lowest BCUT2D eigenvalue weighted by Crippen LogP contribution is -1.94. The first-order valence-electron chi connectivity index (χ1n) is 6.27. The lowest BCUT2D eigenvalue weighted by atomic mass is 9.96. The van der Waals surface area contributed by atoms with E-state index in [2.05, 4.69) is 6.07 Å². The normalized spacial score (nSPS) is 12.2. The Balaban J connectivity index is 2.11. The summed E-state index contributed by atoms with van der Waals surface area (Å²) in [7, 11) is 0. The molecule has 0 amide bonds. The Morgan fingerprint density at radius 1 is 1.00 bits per heavy atom. The second-order valence-electron chi connectivity index (χ2n) is 4.36. The van der Waals surface area contributed by atoms with Gasteiger partial charge in [0.05, 0.1) is 12.0 Å². The number of hydrogen-bond acceptors (Lipinski definition) is 1. The minimum absolute atomic E-state index is 0.248. The maximum Gasteiger partial charge on any atom is 0.0761 e. The third-order valence-electron chi connectivity index (χ3n) is 3.01. The van der Waals surface area contributed by atoms with Crippen LogP contribution < -0.4 is 0 Å². The molecule has 0 saturated heterocycles. The summed E-state index contributed by atoms with van der Waals surface area (Å²) in [5.74, 6) is -0.248. The summed E-state index contributed by atoms with van der Waals surface area (Å²) in [5, 5.41) is 10.6. The molecule has 0 aromatic heterocycles. The van der Waals surface area contributed by atoms with Crippen molar-refractivity contribution in [2.75, 3.05) is 0 Å². The van der Waals surface area contributed by atoms with E-state index < -0.39 is 0 Å². The van der Waals surface area contributed by atoms with Crippen LogP contribution in [-0.4, -0.2) is 0 Å². The molecule has 1 atom stereocenters. The Bertz CT molecular complexity index is 656. The molecule has 1 unspecified atom stereocenters. The maximum absolute atomic E-state index is 9.29. The summed E-state index contributed by atoms with van der Waals surface area (Å²) in [6.07, 6.45) is 4.49. The van der Waals surface area contributed by atoms with Gasteiger partial charge in [-0.25, -0.2) is 0 Å². The van der Waals surface area contributed by atoms with Crippen molar-refractivity contribution >= 4 is 29.3 Å². The van der Waals surface area contributed by atoms with Crippen LogP contribution in [0.1, 0.15) is 23.5 Å². The Morgan fingerprint density at radius 2 is 1.65 bits per heavy atom. The molecule has 2 rings (SSSR count). The molecule has 0 aliphatic carbocycles. The van der Waals surface area contributed by atoms with Crippen LogP contribution in [0.2, 0.25) is 10.0 Å². The quantitative estimate of drug-likeness (QED) is 0.710. The molecule has 0 fully saturated rings. The molecule has 3 heteroatoms. The van der Waals surface area contributed by atoms with E-state index in [0.717, 1.165) is 11.1 Å². The van der Waals surface area contributed by atoms with Crippen molar-refractivity contribution in [2.45, 2.75) is 12.3 Å². The first kappa shape index (κ1) is 14.7. The minimum Gasteiger partial charge on any atom is -0.198 e. The Labute approximate surface area is 129 Å². The van der Waals surface area contributed by atoms with Crippen molar-refractivity contribution in [3.63, 3.8) is 0 Å². The predicted octanol–water partition coefficient (Wildman–Crippen LogP) is 5.70. The SMILES string of the molecule is N#CC(CC=Cc1ccccc1Cl)c1ccccc1Cl. The van der Waals surface area contributed by atoms with Gasteiger partial charge in [-0.3, -0.25) is 0 Å². The maximum atomic E-state index is 9.29. The van der Waals surface area contributed by atoms with Gasteiger partial charge in [-0.15, -0.1) is 0 Å². The molecule has 2 aromatic carbocycles. The van der Waals surface area contributed by atoms with Gasteiger partial charge in [-0.2, -0.15) is 5.26 Å². The molecular weight excluding hydrogens is 289 g/mol. The molecule has 0 N–H and O–H groups in total.